The number of fused-ring (bicyclic) bond motifs is 5. The van der Waals surface area contributed by atoms with Crippen LogP contribution in [-0.2, 0) is 0 Å². The van der Waals surface area contributed by atoms with E-state index in [9.17, 15) is 0 Å². The molecule has 0 amide bonds. The van der Waals surface area contributed by atoms with Crippen molar-refractivity contribution in [2.24, 2.45) is 33.6 Å². The van der Waals surface area contributed by atoms with E-state index in [0.29, 0.717) is 5.41 Å². The molecular weight excluding hydrogens is 338 g/mol. The summed E-state index contributed by atoms with van der Waals surface area (Å²) in [6.07, 6.45) is 21.9. The van der Waals surface area contributed by atoms with Crippen molar-refractivity contribution in [3.8, 4) is 0 Å². The minimum Gasteiger partial charge on any atom is -0.257 e. The highest BCUT2D eigenvalue weighted by molar-refractivity contribution is 6.09. The molecule has 0 N–H and O–H groups in total. The van der Waals surface area contributed by atoms with Gasteiger partial charge in [-0.05, 0) is 92.1 Å². The van der Waals surface area contributed by atoms with Crippen LogP contribution in [0.15, 0.2) is 53.2 Å². The molecule has 4 aliphatic carbocycles. The van der Waals surface area contributed by atoms with Crippen LogP contribution in [0.4, 0.5) is 0 Å². The maximum absolute atomic E-state index is 4.70. The number of hydrogen-bond acceptors (Lipinski definition) is 1. The molecule has 0 aromatic rings. The van der Waals surface area contributed by atoms with Gasteiger partial charge in [0.25, 0.3) is 0 Å². The van der Waals surface area contributed by atoms with E-state index in [1.807, 2.05) is 39.1 Å². The van der Waals surface area contributed by atoms with Crippen molar-refractivity contribution in [1.29, 1.82) is 0 Å². The molecular formula is C27H41N. The van der Waals surface area contributed by atoms with Gasteiger partial charge in [-0.3, -0.25) is 4.99 Å². The van der Waals surface area contributed by atoms with Crippen LogP contribution in [-0.4, -0.2) is 5.71 Å². The second kappa shape index (κ2) is 8.56. The molecule has 0 spiro atoms. The van der Waals surface area contributed by atoms with Gasteiger partial charge in [0, 0.05) is 6.20 Å². The van der Waals surface area contributed by atoms with Crippen molar-refractivity contribution >= 4 is 5.71 Å². The highest BCUT2D eigenvalue weighted by Crippen LogP contribution is 2.65. The minimum atomic E-state index is 0.284. The first-order valence-electron chi connectivity index (χ1n) is 11.8. The Labute approximate surface area is 173 Å². The summed E-state index contributed by atoms with van der Waals surface area (Å²) in [5, 5.41) is 0. The van der Waals surface area contributed by atoms with Gasteiger partial charge >= 0.3 is 0 Å². The summed E-state index contributed by atoms with van der Waals surface area (Å²) in [5.41, 5.74) is 5.15. The first-order chi connectivity index (χ1) is 13.5. The van der Waals surface area contributed by atoms with E-state index >= 15 is 0 Å². The van der Waals surface area contributed by atoms with Crippen LogP contribution in [0.25, 0.3) is 0 Å². The van der Waals surface area contributed by atoms with E-state index in [4.69, 9.17) is 4.99 Å². The molecule has 2 saturated carbocycles. The van der Waals surface area contributed by atoms with E-state index in [1.54, 1.807) is 5.57 Å². The zero-order chi connectivity index (χ0) is 20.4. The zero-order valence-corrected chi connectivity index (χ0v) is 18.9. The minimum absolute atomic E-state index is 0.284. The molecule has 5 unspecified atom stereocenters. The van der Waals surface area contributed by atoms with Crippen molar-refractivity contribution in [2.75, 3.05) is 0 Å². The third kappa shape index (κ3) is 3.29. The van der Waals surface area contributed by atoms with Crippen LogP contribution in [0.2, 0.25) is 0 Å². The highest BCUT2D eigenvalue weighted by Gasteiger charge is 2.56. The van der Waals surface area contributed by atoms with Crippen LogP contribution in [0.3, 0.4) is 0 Å². The molecule has 4 rings (SSSR count). The van der Waals surface area contributed by atoms with Crippen LogP contribution in [0, 0.1) is 28.6 Å². The lowest BCUT2D eigenvalue weighted by Gasteiger charge is -2.57. The maximum Gasteiger partial charge on any atom is 0.0658 e. The van der Waals surface area contributed by atoms with Crippen LogP contribution in [0.5, 0.6) is 0 Å². The standard InChI is InChI=1S/C25H35N.C2H6/c1-5-17-26-23(6-2)22-13-12-20-19-11-10-18-9-7-8-15-24(18,3)21(19)14-16-25(20,22)4;1-2/h5-6,10,13,17,19-21H,2,7-9,11-12,14-16H2,1,3-4H3;1-2H3/b17-5-,26-23?;. The third-order valence-corrected chi connectivity index (χ3v) is 8.43. The van der Waals surface area contributed by atoms with Crippen molar-refractivity contribution in [1.82, 2.24) is 0 Å². The quantitative estimate of drug-likeness (QED) is 0.347. The van der Waals surface area contributed by atoms with E-state index in [2.05, 4.69) is 32.6 Å². The number of hydrogen-bond donors (Lipinski definition) is 0. The van der Waals surface area contributed by atoms with Gasteiger partial charge in [-0.1, -0.05) is 64.5 Å². The van der Waals surface area contributed by atoms with Gasteiger partial charge in [0.1, 0.15) is 0 Å². The monoisotopic (exact) mass is 379 g/mol. The van der Waals surface area contributed by atoms with E-state index in [1.165, 1.54) is 56.9 Å². The van der Waals surface area contributed by atoms with Gasteiger partial charge in [0.05, 0.1) is 5.71 Å². The maximum atomic E-state index is 4.70. The van der Waals surface area contributed by atoms with Crippen molar-refractivity contribution in [3.05, 3.63) is 48.2 Å². The van der Waals surface area contributed by atoms with Crippen LogP contribution in [0.1, 0.15) is 86.0 Å². The Kier molecular flexibility index (Phi) is 6.52. The second-order valence-electron chi connectivity index (χ2n) is 9.48. The second-order valence-corrected chi connectivity index (χ2v) is 9.48. The normalized spacial score (nSPS) is 39.8. The summed E-state index contributed by atoms with van der Waals surface area (Å²) >= 11 is 0. The summed E-state index contributed by atoms with van der Waals surface area (Å²) in [7, 11) is 0. The lowest BCUT2D eigenvalue weighted by Crippen LogP contribution is -2.49. The largest absolute Gasteiger partial charge is 0.257 e. The van der Waals surface area contributed by atoms with Gasteiger partial charge in [-0.25, -0.2) is 0 Å². The van der Waals surface area contributed by atoms with E-state index < -0.39 is 0 Å². The average Bonchev–Trinajstić information content (AvgIpc) is 3.07. The van der Waals surface area contributed by atoms with Crippen molar-refractivity contribution in [2.45, 2.75) is 86.0 Å². The molecule has 0 saturated heterocycles. The molecule has 4 aliphatic rings. The predicted octanol–water partition coefficient (Wildman–Crippen LogP) is 8.06. The lowest BCUT2D eigenvalue weighted by atomic mass is 9.47. The Balaban J connectivity index is 0.00000109. The zero-order valence-electron chi connectivity index (χ0n) is 18.9. The Morgan fingerprint density at radius 1 is 1.07 bits per heavy atom. The Hall–Kier alpha value is -1.37. The molecule has 154 valence electrons. The third-order valence-electron chi connectivity index (χ3n) is 8.43. The summed E-state index contributed by atoms with van der Waals surface area (Å²) in [6.45, 7) is 15.2. The average molecular weight is 380 g/mol. The molecule has 1 heteroatoms. The molecule has 0 heterocycles. The molecule has 0 bridgehead atoms. The van der Waals surface area contributed by atoms with Gasteiger partial charge in [0.15, 0.2) is 0 Å². The van der Waals surface area contributed by atoms with Crippen LogP contribution >= 0.6 is 0 Å². The van der Waals surface area contributed by atoms with Gasteiger partial charge in [-0.15, -0.1) is 0 Å². The lowest BCUT2D eigenvalue weighted by molar-refractivity contribution is -0.0149. The SMILES string of the molecule is C=CC(=N/C=C\C)C1=CCC2C3CC=C4CCCCC4(C)C3CCC12C.CC. The van der Waals surface area contributed by atoms with Gasteiger partial charge in [0.2, 0.25) is 0 Å². The van der Waals surface area contributed by atoms with Gasteiger partial charge < -0.3 is 0 Å². The number of aliphatic imine (C=N–C) groups is 1. The fraction of sp³-hybridized carbons (Fsp3) is 0.667. The Bertz CT molecular complexity index is 706. The first kappa shape index (κ1) is 21.3. The summed E-state index contributed by atoms with van der Waals surface area (Å²) < 4.78 is 0. The number of nitrogens with zero attached hydrogens (tertiary/aromatic N) is 1. The molecule has 28 heavy (non-hydrogen) atoms. The first-order valence-corrected chi connectivity index (χ1v) is 11.8. The molecule has 0 aromatic carbocycles. The summed E-state index contributed by atoms with van der Waals surface area (Å²) in [6, 6.07) is 0. The summed E-state index contributed by atoms with van der Waals surface area (Å²) in [5.74, 6) is 2.53. The van der Waals surface area contributed by atoms with Gasteiger partial charge in [-0.2, -0.15) is 0 Å². The molecule has 0 aliphatic heterocycles. The molecule has 0 radical (unpaired) electrons. The van der Waals surface area contributed by atoms with Crippen molar-refractivity contribution in [3.63, 3.8) is 0 Å². The Morgan fingerprint density at radius 3 is 2.57 bits per heavy atom. The highest BCUT2D eigenvalue weighted by atomic mass is 14.7. The molecule has 1 nitrogen and oxygen atoms in total. The fourth-order valence-electron chi connectivity index (χ4n) is 7.05. The molecule has 0 aromatic heterocycles. The fourth-order valence-corrected chi connectivity index (χ4v) is 7.05. The van der Waals surface area contributed by atoms with E-state index in [-0.39, 0.29) is 5.41 Å². The number of allylic oxidation sites excluding steroid dienone is 6. The van der Waals surface area contributed by atoms with Crippen LogP contribution < -0.4 is 0 Å². The summed E-state index contributed by atoms with van der Waals surface area (Å²) in [4.78, 5) is 4.70. The number of rotatable bonds is 3. The predicted molar refractivity (Wildman–Crippen MR) is 124 cm³/mol. The van der Waals surface area contributed by atoms with Crippen molar-refractivity contribution < 1.29 is 0 Å². The molecule has 2 fully saturated rings. The smallest absolute Gasteiger partial charge is 0.0658 e. The molecule has 5 atom stereocenters. The Morgan fingerprint density at radius 2 is 1.86 bits per heavy atom. The topological polar surface area (TPSA) is 12.4 Å². The van der Waals surface area contributed by atoms with E-state index in [0.717, 1.165) is 23.5 Å².